The maximum Gasteiger partial charge on any atom is 0.272 e. The Morgan fingerprint density at radius 2 is 2.04 bits per heavy atom. The van der Waals surface area contributed by atoms with Crippen molar-refractivity contribution in [3.8, 4) is 5.75 Å². The van der Waals surface area contributed by atoms with Crippen molar-refractivity contribution in [2.24, 2.45) is 0 Å². The van der Waals surface area contributed by atoms with Crippen LogP contribution in [0.3, 0.4) is 0 Å². The van der Waals surface area contributed by atoms with Gasteiger partial charge in [-0.3, -0.25) is 19.9 Å². The highest BCUT2D eigenvalue weighted by atomic mass is 16.6. The van der Waals surface area contributed by atoms with Crippen LogP contribution >= 0.6 is 0 Å². The van der Waals surface area contributed by atoms with Crippen LogP contribution in [0.4, 0.5) is 11.4 Å². The minimum atomic E-state index is -0.472. The summed E-state index contributed by atoms with van der Waals surface area (Å²) in [6, 6.07) is 15.0. The predicted octanol–water partition coefficient (Wildman–Crippen LogP) is 4.13. The van der Waals surface area contributed by atoms with Gasteiger partial charge >= 0.3 is 0 Å². The second-order valence-electron chi connectivity index (χ2n) is 5.89. The lowest BCUT2D eigenvalue weighted by atomic mass is 10.1. The fraction of sp³-hybridized carbons (Fsp3) is 0.100. The standard InChI is InChI=1S/C20H17N3O4/c1-14-10-16(7-8-19(14)23(25)26)20(24)22-17-5-2-6-18(11-17)27-13-15-4-3-9-21-12-15/h2-12H,13H2,1H3,(H,22,24). The van der Waals surface area contributed by atoms with Crippen LogP contribution in [0.25, 0.3) is 0 Å². The van der Waals surface area contributed by atoms with Gasteiger partial charge in [0.05, 0.1) is 4.92 Å². The van der Waals surface area contributed by atoms with E-state index in [2.05, 4.69) is 10.3 Å². The van der Waals surface area contributed by atoms with Crippen molar-refractivity contribution in [3.05, 3.63) is 93.8 Å². The number of carbonyl (C=O) groups excluding carboxylic acids is 1. The van der Waals surface area contributed by atoms with Gasteiger partial charge in [0.25, 0.3) is 11.6 Å². The summed E-state index contributed by atoms with van der Waals surface area (Å²) in [5.74, 6) is 0.258. The van der Waals surface area contributed by atoms with E-state index in [9.17, 15) is 14.9 Å². The molecule has 1 aromatic heterocycles. The van der Waals surface area contributed by atoms with Crippen molar-refractivity contribution < 1.29 is 14.5 Å². The van der Waals surface area contributed by atoms with Crippen LogP contribution in [0.5, 0.6) is 5.75 Å². The van der Waals surface area contributed by atoms with Crippen LogP contribution < -0.4 is 10.1 Å². The van der Waals surface area contributed by atoms with Gasteiger partial charge in [-0.2, -0.15) is 0 Å². The van der Waals surface area contributed by atoms with Crippen LogP contribution in [0, 0.1) is 17.0 Å². The van der Waals surface area contributed by atoms with Crippen molar-refractivity contribution in [2.45, 2.75) is 13.5 Å². The van der Waals surface area contributed by atoms with E-state index in [1.165, 1.54) is 18.2 Å². The molecule has 136 valence electrons. The summed E-state index contributed by atoms with van der Waals surface area (Å²) in [5.41, 5.74) is 2.27. The Kier molecular flexibility index (Phi) is 5.41. The lowest BCUT2D eigenvalue weighted by Crippen LogP contribution is -2.12. The first-order valence-electron chi connectivity index (χ1n) is 8.21. The van der Waals surface area contributed by atoms with E-state index in [-0.39, 0.29) is 11.6 Å². The van der Waals surface area contributed by atoms with Gasteiger partial charge in [-0.25, -0.2) is 0 Å². The maximum absolute atomic E-state index is 12.4. The third kappa shape index (κ3) is 4.66. The summed E-state index contributed by atoms with van der Waals surface area (Å²) in [6.07, 6.45) is 3.42. The Bertz CT molecular complexity index is 974. The van der Waals surface area contributed by atoms with Crippen molar-refractivity contribution in [2.75, 3.05) is 5.32 Å². The van der Waals surface area contributed by atoms with Gasteiger partial charge in [-0.1, -0.05) is 12.1 Å². The molecular weight excluding hydrogens is 346 g/mol. The number of hydrogen-bond acceptors (Lipinski definition) is 5. The number of nitrogens with zero attached hydrogens (tertiary/aromatic N) is 2. The monoisotopic (exact) mass is 363 g/mol. The molecule has 1 N–H and O–H groups in total. The molecule has 0 aliphatic rings. The fourth-order valence-electron chi connectivity index (χ4n) is 2.52. The Balaban J connectivity index is 1.67. The van der Waals surface area contributed by atoms with Gasteiger partial charge in [0, 0.05) is 46.9 Å². The molecule has 0 atom stereocenters. The second-order valence-corrected chi connectivity index (χ2v) is 5.89. The predicted molar refractivity (Wildman–Crippen MR) is 101 cm³/mol. The molecule has 7 heteroatoms. The first kappa shape index (κ1) is 18.1. The molecule has 0 spiro atoms. The summed E-state index contributed by atoms with van der Waals surface area (Å²) < 4.78 is 5.71. The molecule has 3 aromatic rings. The normalized spacial score (nSPS) is 10.3. The maximum atomic E-state index is 12.4. The molecule has 0 unspecified atom stereocenters. The van der Waals surface area contributed by atoms with Gasteiger partial charge in [0.15, 0.2) is 0 Å². The topological polar surface area (TPSA) is 94.4 Å². The lowest BCUT2D eigenvalue weighted by molar-refractivity contribution is -0.385. The van der Waals surface area contributed by atoms with Crippen LogP contribution in [0.15, 0.2) is 67.0 Å². The number of pyridine rings is 1. The summed E-state index contributed by atoms with van der Waals surface area (Å²) >= 11 is 0. The number of anilines is 1. The summed E-state index contributed by atoms with van der Waals surface area (Å²) in [7, 11) is 0. The number of rotatable bonds is 6. The van der Waals surface area contributed by atoms with Gasteiger partial charge in [-0.05, 0) is 37.3 Å². The number of nitro benzene ring substituents is 1. The van der Waals surface area contributed by atoms with Crippen molar-refractivity contribution in [1.82, 2.24) is 4.98 Å². The molecule has 0 saturated carbocycles. The minimum absolute atomic E-state index is 0.0163. The van der Waals surface area contributed by atoms with Gasteiger partial charge < -0.3 is 10.1 Å². The third-order valence-electron chi connectivity index (χ3n) is 3.88. The molecule has 3 rings (SSSR count). The summed E-state index contributed by atoms with van der Waals surface area (Å²) in [4.78, 5) is 26.9. The SMILES string of the molecule is Cc1cc(C(=O)Nc2cccc(OCc3cccnc3)c2)ccc1[N+](=O)[O-]. The van der Waals surface area contributed by atoms with Crippen LogP contribution in [0.1, 0.15) is 21.5 Å². The summed E-state index contributed by atoms with van der Waals surface area (Å²) in [5, 5.41) is 13.7. The number of aromatic nitrogens is 1. The molecule has 7 nitrogen and oxygen atoms in total. The molecule has 27 heavy (non-hydrogen) atoms. The first-order valence-corrected chi connectivity index (χ1v) is 8.21. The first-order chi connectivity index (χ1) is 13.0. The van der Waals surface area contributed by atoms with E-state index >= 15 is 0 Å². The molecule has 0 bridgehead atoms. The second kappa shape index (κ2) is 8.09. The van der Waals surface area contributed by atoms with E-state index in [1.807, 2.05) is 12.1 Å². The van der Waals surface area contributed by atoms with E-state index in [0.29, 0.717) is 29.2 Å². The quantitative estimate of drug-likeness (QED) is 0.525. The third-order valence-corrected chi connectivity index (χ3v) is 3.88. The zero-order valence-electron chi connectivity index (χ0n) is 14.6. The number of aryl methyl sites for hydroxylation is 1. The van der Waals surface area contributed by atoms with E-state index in [4.69, 9.17) is 4.74 Å². The van der Waals surface area contributed by atoms with Gasteiger partial charge in [-0.15, -0.1) is 0 Å². The average Bonchev–Trinajstić information content (AvgIpc) is 2.67. The molecule has 1 amide bonds. The molecule has 2 aromatic carbocycles. The van der Waals surface area contributed by atoms with E-state index in [0.717, 1.165) is 5.56 Å². The molecule has 0 saturated heterocycles. The number of amides is 1. The zero-order chi connectivity index (χ0) is 19.2. The number of nitro groups is 1. The molecule has 0 radical (unpaired) electrons. The number of benzene rings is 2. The zero-order valence-corrected chi connectivity index (χ0v) is 14.6. The largest absolute Gasteiger partial charge is 0.489 e. The highest BCUT2D eigenvalue weighted by molar-refractivity contribution is 6.04. The van der Waals surface area contributed by atoms with Crippen molar-refractivity contribution in [1.29, 1.82) is 0 Å². The fourth-order valence-corrected chi connectivity index (χ4v) is 2.52. The van der Waals surface area contributed by atoms with E-state index < -0.39 is 4.92 Å². The highest BCUT2D eigenvalue weighted by Crippen LogP contribution is 2.22. The lowest BCUT2D eigenvalue weighted by Gasteiger charge is -2.10. The number of ether oxygens (including phenoxy) is 1. The summed E-state index contributed by atoms with van der Waals surface area (Å²) in [6.45, 7) is 1.97. The van der Waals surface area contributed by atoms with Crippen molar-refractivity contribution >= 4 is 17.3 Å². The Morgan fingerprint density at radius 1 is 1.19 bits per heavy atom. The molecule has 0 aliphatic heterocycles. The van der Waals surface area contributed by atoms with Gasteiger partial charge in [0.1, 0.15) is 12.4 Å². The molecule has 1 heterocycles. The number of nitrogens with one attached hydrogen (secondary N) is 1. The highest BCUT2D eigenvalue weighted by Gasteiger charge is 2.14. The van der Waals surface area contributed by atoms with Crippen LogP contribution in [0.2, 0.25) is 0 Å². The molecule has 0 aliphatic carbocycles. The smallest absolute Gasteiger partial charge is 0.272 e. The van der Waals surface area contributed by atoms with Crippen LogP contribution in [-0.2, 0) is 6.61 Å². The van der Waals surface area contributed by atoms with E-state index in [1.54, 1.807) is 43.6 Å². The Hall–Kier alpha value is -3.74. The number of carbonyl (C=O) groups is 1. The Labute approximate surface area is 155 Å². The molecular formula is C20H17N3O4. The average molecular weight is 363 g/mol. The minimum Gasteiger partial charge on any atom is -0.489 e. The van der Waals surface area contributed by atoms with Crippen molar-refractivity contribution in [3.63, 3.8) is 0 Å². The van der Waals surface area contributed by atoms with Crippen LogP contribution in [-0.4, -0.2) is 15.8 Å². The number of hydrogen-bond donors (Lipinski definition) is 1. The van der Waals surface area contributed by atoms with Gasteiger partial charge in [0.2, 0.25) is 0 Å². The Morgan fingerprint density at radius 3 is 2.74 bits per heavy atom. The molecule has 0 fully saturated rings.